The first-order valence-corrected chi connectivity index (χ1v) is 12.8. The van der Waals surface area contributed by atoms with Gasteiger partial charge in [-0.15, -0.1) is 0 Å². The lowest BCUT2D eigenvalue weighted by Crippen LogP contribution is -2.27. The van der Waals surface area contributed by atoms with Gasteiger partial charge in [0.1, 0.15) is 15.8 Å². The number of thiocarbonyl (C=S) groups is 1. The van der Waals surface area contributed by atoms with E-state index in [9.17, 15) is 13.2 Å². The molecule has 8 nitrogen and oxygen atoms in total. The molecular weight excluding hydrogens is 496 g/mol. The molecule has 34 heavy (non-hydrogen) atoms. The number of ether oxygens (including phenoxy) is 2. The number of primary sulfonamides is 1. The SMILES string of the molecule is Cc1cc2c(cc1CN1C(=O)C(=Cc3ccc(-c4ccc(S(N)(=O)=O)cc4)o3)SC1=S)OCO2. The molecule has 5 rings (SSSR count). The summed E-state index contributed by atoms with van der Waals surface area (Å²) >= 11 is 6.67. The molecule has 1 saturated heterocycles. The Morgan fingerprint density at radius 3 is 2.53 bits per heavy atom. The average molecular weight is 515 g/mol. The Kier molecular flexibility index (Phi) is 5.72. The highest BCUT2D eigenvalue weighted by atomic mass is 32.2. The van der Waals surface area contributed by atoms with Crippen LogP contribution in [-0.4, -0.2) is 30.3 Å². The molecule has 0 atom stereocenters. The summed E-state index contributed by atoms with van der Waals surface area (Å²) in [6, 6.07) is 13.3. The number of carbonyl (C=O) groups is 1. The Hall–Kier alpha value is -3.12. The Labute approximate surface area is 205 Å². The second-order valence-corrected chi connectivity index (χ2v) is 10.9. The van der Waals surface area contributed by atoms with E-state index in [0.717, 1.165) is 11.1 Å². The zero-order valence-corrected chi connectivity index (χ0v) is 20.3. The Morgan fingerprint density at radius 1 is 1.12 bits per heavy atom. The van der Waals surface area contributed by atoms with Gasteiger partial charge in [-0.2, -0.15) is 0 Å². The number of benzene rings is 2. The summed E-state index contributed by atoms with van der Waals surface area (Å²) in [7, 11) is -3.77. The van der Waals surface area contributed by atoms with Crippen molar-refractivity contribution in [2.24, 2.45) is 5.14 Å². The number of thioether (sulfide) groups is 1. The molecule has 1 fully saturated rings. The molecule has 0 aliphatic carbocycles. The lowest BCUT2D eigenvalue weighted by molar-refractivity contribution is -0.122. The van der Waals surface area contributed by atoms with E-state index in [0.29, 0.717) is 44.4 Å². The molecule has 2 N–H and O–H groups in total. The fourth-order valence-corrected chi connectivity index (χ4v) is 5.34. The quantitative estimate of drug-likeness (QED) is 0.401. The Balaban J connectivity index is 1.34. The molecule has 0 radical (unpaired) electrons. The third kappa shape index (κ3) is 4.34. The van der Waals surface area contributed by atoms with Crippen molar-refractivity contribution >= 4 is 50.3 Å². The number of fused-ring (bicyclic) bond motifs is 1. The molecular formula is C23H18N2O6S3. The fourth-order valence-electron chi connectivity index (χ4n) is 3.59. The van der Waals surface area contributed by atoms with Gasteiger partial charge < -0.3 is 13.9 Å². The van der Waals surface area contributed by atoms with Gasteiger partial charge in [0.25, 0.3) is 5.91 Å². The van der Waals surface area contributed by atoms with Crippen molar-refractivity contribution in [3.63, 3.8) is 0 Å². The number of hydrogen-bond acceptors (Lipinski definition) is 8. The van der Waals surface area contributed by atoms with Crippen LogP contribution in [0.4, 0.5) is 0 Å². The number of aryl methyl sites for hydroxylation is 1. The predicted molar refractivity (Wildman–Crippen MR) is 132 cm³/mol. The number of rotatable bonds is 5. The largest absolute Gasteiger partial charge is 0.457 e. The van der Waals surface area contributed by atoms with Gasteiger partial charge in [-0.1, -0.05) is 24.0 Å². The van der Waals surface area contributed by atoms with Crippen molar-refractivity contribution in [2.45, 2.75) is 18.4 Å². The first-order chi connectivity index (χ1) is 16.2. The van der Waals surface area contributed by atoms with Gasteiger partial charge >= 0.3 is 0 Å². The summed E-state index contributed by atoms with van der Waals surface area (Å²) in [6.45, 7) is 2.46. The third-order valence-corrected chi connectivity index (χ3v) is 7.71. The summed E-state index contributed by atoms with van der Waals surface area (Å²) in [5.41, 5.74) is 2.58. The van der Waals surface area contributed by atoms with Crippen LogP contribution in [0.5, 0.6) is 11.5 Å². The van der Waals surface area contributed by atoms with Crippen molar-refractivity contribution < 1.29 is 27.1 Å². The molecule has 0 spiro atoms. The monoisotopic (exact) mass is 514 g/mol. The topological polar surface area (TPSA) is 112 Å². The van der Waals surface area contributed by atoms with Crippen LogP contribution in [0, 0.1) is 6.92 Å². The fraction of sp³-hybridized carbons (Fsp3) is 0.130. The smallest absolute Gasteiger partial charge is 0.266 e. The highest BCUT2D eigenvalue weighted by molar-refractivity contribution is 8.26. The first-order valence-electron chi connectivity index (χ1n) is 10.1. The maximum Gasteiger partial charge on any atom is 0.266 e. The molecule has 1 amide bonds. The molecule has 11 heteroatoms. The molecule has 2 aromatic carbocycles. The van der Waals surface area contributed by atoms with E-state index in [1.54, 1.807) is 35.2 Å². The Bertz CT molecular complexity index is 1460. The van der Waals surface area contributed by atoms with Gasteiger partial charge in [0.05, 0.1) is 16.3 Å². The summed E-state index contributed by atoms with van der Waals surface area (Å²) in [6.07, 6.45) is 1.65. The second kappa shape index (κ2) is 8.58. The van der Waals surface area contributed by atoms with Gasteiger partial charge in [-0.25, -0.2) is 13.6 Å². The van der Waals surface area contributed by atoms with Gasteiger partial charge in [0, 0.05) is 11.6 Å². The van der Waals surface area contributed by atoms with Crippen LogP contribution < -0.4 is 14.6 Å². The minimum Gasteiger partial charge on any atom is -0.457 e. The van der Waals surface area contributed by atoms with Crippen molar-refractivity contribution in [2.75, 3.05) is 6.79 Å². The maximum atomic E-state index is 13.1. The highest BCUT2D eigenvalue weighted by Crippen LogP contribution is 2.38. The number of sulfonamides is 1. The summed E-state index contributed by atoms with van der Waals surface area (Å²) in [4.78, 5) is 15.1. The average Bonchev–Trinajstić information content (AvgIpc) is 3.50. The van der Waals surface area contributed by atoms with Crippen LogP contribution in [0.2, 0.25) is 0 Å². The van der Waals surface area contributed by atoms with E-state index in [-0.39, 0.29) is 17.6 Å². The molecule has 1 aromatic heterocycles. The van der Waals surface area contributed by atoms with Crippen molar-refractivity contribution in [1.29, 1.82) is 0 Å². The zero-order valence-electron chi connectivity index (χ0n) is 17.8. The summed E-state index contributed by atoms with van der Waals surface area (Å²) in [5, 5.41) is 5.14. The standard InChI is InChI=1S/C23H18N2O6S3/c1-13-8-19-20(30-12-29-19)9-15(13)11-25-22(26)21(33-23(25)32)10-16-4-7-18(31-16)14-2-5-17(6-3-14)34(24,27)28/h2-10H,11-12H2,1H3,(H2,24,27,28). The van der Waals surface area contributed by atoms with Crippen LogP contribution in [0.1, 0.15) is 16.9 Å². The minimum absolute atomic E-state index is 0.0180. The molecule has 174 valence electrons. The number of amides is 1. The van der Waals surface area contributed by atoms with Crippen LogP contribution in [0.25, 0.3) is 17.4 Å². The van der Waals surface area contributed by atoms with Crippen LogP contribution in [0.3, 0.4) is 0 Å². The lowest BCUT2D eigenvalue weighted by atomic mass is 10.1. The molecule has 0 unspecified atom stereocenters. The van der Waals surface area contributed by atoms with E-state index in [1.165, 1.54) is 23.9 Å². The van der Waals surface area contributed by atoms with Gasteiger partial charge in [0.15, 0.2) is 11.5 Å². The number of hydrogen-bond donors (Lipinski definition) is 1. The Morgan fingerprint density at radius 2 is 1.82 bits per heavy atom. The van der Waals surface area contributed by atoms with Gasteiger partial charge in [-0.3, -0.25) is 9.69 Å². The highest BCUT2D eigenvalue weighted by Gasteiger charge is 2.33. The van der Waals surface area contributed by atoms with E-state index < -0.39 is 10.0 Å². The molecule has 0 saturated carbocycles. The normalized spacial score (nSPS) is 16.6. The maximum absolute atomic E-state index is 13.1. The molecule has 0 bridgehead atoms. The number of nitrogens with zero attached hydrogens (tertiary/aromatic N) is 1. The van der Waals surface area contributed by atoms with E-state index >= 15 is 0 Å². The van der Waals surface area contributed by atoms with Crippen molar-refractivity contribution in [1.82, 2.24) is 4.90 Å². The number of carbonyl (C=O) groups excluding carboxylic acids is 1. The van der Waals surface area contributed by atoms with Crippen LogP contribution in [-0.2, 0) is 21.4 Å². The van der Waals surface area contributed by atoms with Crippen LogP contribution >= 0.6 is 24.0 Å². The second-order valence-electron chi connectivity index (χ2n) is 7.67. The minimum atomic E-state index is -3.77. The van der Waals surface area contributed by atoms with E-state index in [2.05, 4.69) is 0 Å². The molecule has 3 aromatic rings. The number of furan rings is 1. The summed E-state index contributed by atoms with van der Waals surface area (Å²) in [5.74, 6) is 2.15. The van der Waals surface area contributed by atoms with Crippen molar-refractivity contribution in [3.8, 4) is 22.8 Å². The molecule has 3 heterocycles. The first kappa shape index (κ1) is 22.7. The predicted octanol–water partition coefficient (Wildman–Crippen LogP) is 4.03. The molecule has 2 aliphatic rings. The molecule has 2 aliphatic heterocycles. The van der Waals surface area contributed by atoms with Crippen molar-refractivity contribution in [3.05, 3.63) is 70.3 Å². The summed E-state index contributed by atoms with van der Waals surface area (Å²) < 4.78 is 40.0. The third-order valence-electron chi connectivity index (χ3n) is 5.40. The van der Waals surface area contributed by atoms with E-state index in [1.807, 2.05) is 19.1 Å². The number of nitrogens with two attached hydrogens (primary N) is 1. The van der Waals surface area contributed by atoms with Gasteiger partial charge in [-0.05, 0) is 66.6 Å². The van der Waals surface area contributed by atoms with Crippen LogP contribution in [0.15, 0.2) is 62.7 Å². The van der Waals surface area contributed by atoms with Gasteiger partial charge in [0.2, 0.25) is 16.8 Å². The van der Waals surface area contributed by atoms with E-state index in [4.69, 9.17) is 31.2 Å². The lowest BCUT2D eigenvalue weighted by Gasteiger charge is -2.16. The zero-order chi connectivity index (χ0) is 24.0.